The maximum atomic E-state index is 13.8. The number of rotatable bonds is 9. The van der Waals surface area contributed by atoms with Gasteiger partial charge in [0.15, 0.2) is 5.69 Å². The molecule has 0 aliphatic rings. The summed E-state index contributed by atoms with van der Waals surface area (Å²) in [5, 5.41) is 13.2. The number of anilines is 1. The van der Waals surface area contributed by atoms with Crippen LogP contribution in [-0.2, 0) is 18.3 Å². The zero-order chi connectivity index (χ0) is 28.3. The van der Waals surface area contributed by atoms with Crippen molar-refractivity contribution in [1.82, 2.24) is 19.4 Å². The molecule has 3 aromatic heterocycles. The molecule has 0 aliphatic carbocycles. The molecule has 39 heavy (non-hydrogen) atoms. The van der Waals surface area contributed by atoms with Crippen LogP contribution in [0.2, 0.25) is 0 Å². The van der Waals surface area contributed by atoms with Crippen LogP contribution in [0.4, 0.5) is 10.6 Å². The molecule has 4 N–H and O–H groups in total. The van der Waals surface area contributed by atoms with Gasteiger partial charge < -0.3 is 19.8 Å². The fourth-order valence-corrected chi connectivity index (χ4v) is 4.63. The highest BCUT2D eigenvalue weighted by Gasteiger charge is 2.38. The zero-order valence-electron chi connectivity index (χ0n) is 22.3. The minimum Gasteiger partial charge on any atom is -0.476 e. The van der Waals surface area contributed by atoms with Gasteiger partial charge in [-0.1, -0.05) is 38.1 Å². The van der Waals surface area contributed by atoms with Gasteiger partial charge in [-0.15, -0.1) is 0 Å². The quantitative estimate of drug-likeness (QED) is 0.288. The number of imide groups is 1. The van der Waals surface area contributed by atoms with Crippen molar-refractivity contribution in [2.45, 2.75) is 45.7 Å². The van der Waals surface area contributed by atoms with Crippen molar-refractivity contribution < 1.29 is 23.9 Å². The second-order valence-corrected chi connectivity index (χ2v) is 9.85. The summed E-state index contributed by atoms with van der Waals surface area (Å²) in [5.41, 5.74) is 7.77. The number of carboxylic acid groups (broad SMARTS) is 1. The van der Waals surface area contributed by atoms with Crippen LogP contribution in [0.3, 0.4) is 0 Å². The van der Waals surface area contributed by atoms with Gasteiger partial charge in [-0.2, -0.15) is 0 Å². The van der Waals surface area contributed by atoms with Crippen molar-refractivity contribution in [3.8, 4) is 0 Å². The van der Waals surface area contributed by atoms with Gasteiger partial charge in [0.05, 0.1) is 6.04 Å². The molecule has 0 fully saturated rings. The molecule has 0 saturated carbocycles. The van der Waals surface area contributed by atoms with E-state index in [1.54, 1.807) is 18.2 Å². The van der Waals surface area contributed by atoms with Crippen LogP contribution in [0.15, 0.2) is 59.3 Å². The molecule has 204 valence electrons. The van der Waals surface area contributed by atoms with Gasteiger partial charge in [0.2, 0.25) is 11.8 Å². The Hall–Kier alpha value is -4.51. The van der Waals surface area contributed by atoms with Gasteiger partial charge in [0, 0.05) is 36.8 Å². The van der Waals surface area contributed by atoms with E-state index >= 15 is 0 Å². The Bertz CT molecular complexity index is 1490. The van der Waals surface area contributed by atoms with Crippen molar-refractivity contribution in [1.29, 1.82) is 0 Å². The second kappa shape index (κ2) is 11.5. The number of carboxylic acids is 1. The Labute approximate surface area is 225 Å². The molecule has 4 rings (SSSR count). The van der Waals surface area contributed by atoms with Crippen molar-refractivity contribution >= 4 is 34.6 Å². The fourth-order valence-electron chi connectivity index (χ4n) is 4.63. The molecule has 2 atom stereocenters. The van der Waals surface area contributed by atoms with E-state index in [4.69, 9.17) is 10.2 Å². The Morgan fingerprint density at radius 1 is 1.15 bits per heavy atom. The summed E-state index contributed by atoms with van der Waals surface area (Å²) >= 11 is 0. The minimum absolute atomic E-state index is 0.0597. The van der Waals surface area contributed by atoms with Crippen LogP contribution in [-0.4, -0.2) is 48.5 Å². The number of hydrogen-bond donors (Lipinski definition) is 3. The molecular formula is C28H32N6O5. The standard InChI is InChI=1S/C28H32N6O5/c1-16(2)13-20(29)26(35)34(28(38)31-23-11-7-8-12-30-23)22(25-32-24(27(36)37)17(3)39-25)14-18-15-33(4)21-10-6-5-9-19(18)21/h5-12,15-16,20,22H,13-14,29H2,1-4H3,(H,36,37)(H,30,31,38)/t20-,22+/m0/s1. The predicted octanol–water partition coefficient (Wildman–Crippen LogP) is 4.29. The molecule has 0 bridgehead atoms. The molecule has 1 aromatic carbocycles. The number of aromatic nitrogens is 3. The van der Waals surface area contributed by atoms with Crippen LogP contribution >= 0.6 is 0 Å². The van der Waals surface area contributed by atoms with Crippen molar-refractivity contribution in [3.05, 3.63) is 77.8 Å². The summed E-state index contributed by atoms with van der Waals surface area (Å²) < 4.78 is 7.73. The van der Waals surface area contributed by atoms with Crippen molar-refractivity contribution in [3.63, 3.8) is 0 Å². The molecule has 0 spiro atoms. The number of fused-ring (bicyclic) bond motifs is 1. The number of nitrogens with zero attached hydrogens (tertiary/aromatic N) is 4. The van der Waals surface area contributed by atoms with Gasteiger partial charge >= 0.3 is 12.0 Å². The SMILES string of the molecule is Cc1oc([C@@H](Cc2cn(C)c3ccccc23)N(C(=O)Nc2ccccn2)C(=O)[C@@H](N)CC(C)C)nc1C(=O)O. The normalized spacial score (nSPS) is 12.9. The number of pyridine rings is 1. The number of amides is 3. The first kappa shape index (κ1) is 27.5. The predicted molar refractivity (Wildman–Crippen MR) is 145 cm³/mol. The van der Waals surface area contributed by atoms with E-state index in [-0.39, 0.29) is 35.5 Å². The number of hydrogen-bond acceptors (Lipinski definition) is 7. The maximum Gasteiger partial charge on any atom is 0.358 e. The van der Waals surface area contributed by atoms with E-state index in [1.165, 1.54) is 13.1 Å². The van der Waals surface area contributed by atoms with Crippen molar-refractivity contribution in [2.24, 2.45) is 18.7 Å². The zero-order valence-corrected chi connectivity index (χ0v) is 22.3. The first-order valence-electron chi connectivity index (χ1n) is 12.6. The van der Waals surface area contributed by atoms with Crippen LogP contribution < -0.4 is 11.1 Å². The van der Waals surface area contributed by atoms with Crippen LogP contribution in [0, 0.1) is 12.8 Å². The molecule has 4 aromatic rings. The monoisotopic (exact) mass is 532 g/mol. The lowest BCUT2D eigenvalue weighted by molar-refractivity contribution is -0.132. The highest BCUT2D eigenvalue weighted by atomic mass is 16.4. The summed E-state index contributed by atoms with van der Waals surface area (Å²) in [4.78, 5) is 48.7. The third-order valence-electron chi connectivity index (χ3n) is 6.40. The highest BCUT2D eigenvalue weighted by molar-refractivity contribution is 6.03. The maximum absolute atomic E-state index is 13.8. The number of carbonyl (C=O) groups excluding carboxylic acids is 2. The fraction of sp³-hybridized carbons (Fsp3) is 0.321. The van der Waals surface area contributed by atoms with Gasteiger partial charge in [-0.3, -0.25) is 10.1 Å². The van der Waals surface area contributed by atoms with Gasteiger partial charge in [0.1, 0.15) is 17.6 Å². The number of aryl methyl sites for hydroxylation is 2. The number of nitrogens with one attached hydrogen (secondary N) is 1. The molecular weight excluding hydrogens is 500 g/mol. The van der Waals surface area contributed by atoms with E-state index in [2.05, 4.69) is 15.3 Å². The van der Waals surface area contributed by atoms with E-state index in [0.29, 0.717) is 6.42 Å². The average molecular weight is 533 g/mol. The lowest BCUT2D eigenvalue weighted by Gasteiger charge is -2.30. The number of para-hydroxylation sites is 1. The number of carbonyl (C=O) groups is 3. The first-order valence-corrected chi connectivity index (χ1v) is 12.6. The van der Waals surface area contributed by atoms with Crippen LogP contribution in [0.1, 0.15) is 54.0 Å². The number of nitrogens with two attached hydrogens (primary N) is 1. The molecule has 0 unspecified atom stereocenters. The second-order valence-electron chi connectivity index (χ2n) is 9.85. The average Bonchev–Trinajstić information content (AvgIpc) is 3.43. The highest BCUT2D eigenvalue weighted by Crippen LogP contribution is 2.32. The Morgan fingerprint density at radius 3 is 2.51 bits per heavy atom. The van der Waals surface area contributed by atoms with Crippen molar-refractivity contribution in [2.75, 3.05) is 5.32 Å². The Kier molecular flexibility index (Phi) is 8.10. The van der Waals surface area contributed by atoms with Crippen LogP contribution in [0.5, 0.6) is 0 Å². The summed E-state index contributed by atoms with van der Waals surface area (Å²) in [6.45, 7) is 5.32. The summed E-state index contributed by atoms with van der Waals surface area (Å²) in [6, 6.07) is 9.82. The molecule has 0 aliphatic heterocycles. The Balaban J connectivity index is 1.85. The summed E-state index contributed by atoms with van der Waals surface area (Å²) in [7, 11) is 1.90. The first-order chi connectivity index (χ1) is 18.6. The largest absolute Gasteiger partial charge is 0.476 e. The van der Waals surface area contributed by atoms with Gasteiger partial charge in [-0.05, 0) is 43.0 Å². The summed E-state index contributed by atoms with van der Waals surface area (Å²) in [6.07, 6.45) is 3.85. The number of oxazole rings is 1. The molecule has 3 amide bonds. The number of urea groups is 1. The van der Waals surface area contributed by atoms with Crippen LogP contribution in [0.25, 0.3) is 10.9 Å². The number of aromatic carboxylic acids is 1. The molecule has 3 heterocycles. The summed E-state index contributed by atoms with van der Waals surface area (Å²) in [5.74, 6) is -1.63. The van der Waals surface area contributed by atoms with Gasteiger partial charge in [0.25, 0.3) is 0 Å². The third-order valence-corrected chi connectivity index (χ3v) is 6.40. The van der Waals surface area contributed by atoms with E-state index in [0.717, 1.165) is 21.4 Å². The smallest absolute Gasteiger partial charge is 0.358 e. The van der Waals surface area contributed by atoms with E-state index in [1.807, 2.05) is 55.9 Å². The lowest BCUT2D eigenvalue weighted by Crippen LogP contribution is -2.51. The molecule has 11 nitrogen and oxygen atoms in total. The minimum atomic E-state index is -1.28. The lowest BCUT2D eigenvalue weighted by atomic mass is 10.00. The topological polar surface area (TPSA) is 157 Å². The third kappa shape index (κ3) is 5.99. The molecule has 0 radical (unpaired) electrons. The molecule has 11 heteroatoms. The van der Waals surface area contributed by atoms with E-state index < -0.39 is 30.0 Å². The molecule has 0 saturated heterocycles. The Morgan fingerprint density at radius 2 is 1.87 bits per heavy atom. The van der Waals surface area contributed by atoms with E-state index in [9.17, 15) is 19.5 Å². The van der Waals surface area contributed by atoms with Gasteiger partial charge in [-0.25, -0.2) is 24.5 Å². The number of benzene rings is 1.